The Hall–Kier alpha value is -1.43. The van der Waals surface area contributed by atoms with Gasteiger partial charge in [-0.25, -0.2) is 15.2 Å². The van der Waals surface area contributed by atoms with E-state index in [0.717, 1.165) is 29.1 Å². The highest BCUT2D eigenvalue weighted by molar-refractivity contribution is 7.12. The summed E-state index contributed by atoms with van der Waals surface area (Å²) in [6.45, 7) is 3.81. The van der Waals surface area contributed by atoms with Gasteiger partial charge in [-0.2, -0.15) is 5.10 Å². The van der Waals surface area contributed by atoms with Crippen molar-refractivity contribution in [3.05, 3.63) is 16.1 Å². The van der Waals surface area contributed by atoms with Gasteiger partial charge in [-0.3, -0.25) is 0 Å². The van der Waals surface area contributed by atoms with Crippen molar-refractivity contribution < 1.29 is 4.79 Å². The number of aryl methyl sites for hydroxylation is 1. The highest BCUT2D eigenvalue weighted by atomic mass is 32.1. The lowest BCUT2D eigenvalue weighted by Gasteiger charge is -2.10. The first-order valence-electron chi connectivity index (χ1n) is 6.18. The molecule has 0 atom stereocenters. The predicted octanol–water partition coefficient (Wildman–Crippen LogP) is 2.42. The van der Waals surface area contributed by atoms with E-state index in [1.807, 2.05) is 13.8 Å². The maximum atomic E-state index is 11.6. The van der Waals surface area contributed by atoms with Crippen LogP contribution in [0.1, 0.15) is 43.2 Å². The van der Waals surface area contributed by atoms with Gasteiger partial charge in [0.15, 0.2) is 0 Å². The molecule has 18 heavy (non-hydrogen) atoms. The average molecular weight is 266 g/mol. The zero-order valence-electron chi connectivity index (χ0n) is 10.7. The molecule has 1 aliphatic rings. The van der Waals surface area contributed by atoms with Gasteiger partial charge >= 0.3 is 6.03 Å². The Balaban J connectivity index is 1.86. The zero-order chi connectivity index (χ0) is 13.0. The van der Waals surface area contributed by atoms with Crippen LogP contribution in [0.15, 0.2) is 10.6 Å². The number of nitrogens with one attached hydrogen (secondary N) is 2. The smallest absolute Gasteiger partial charge is 0.334 e. The Morgan fingerprint density at radius 3 is 2.83 bits per heavy atom. The van der Waals surface area contributed by atoms with Crippen LogP contribution in [-0.4, -0.2) is 22.8 Å². The van der Waals surface area contributed by atoms with Crippen LogP contribution >= 0.6 is 11.3 Å². The Kier molecular flexibility index (Phi) is 4.30. The normalized spacial score (nSPS) is 16.9. The van der Waals surface area contributed by atoms with Crippen LogP contribution in [0, 0.1) is 6.92 Å². The largest absolute Gasteiger partial charge is 0.335 e. The second kappa shape index (κ2) is 5.95. The molecule has 1 aromatic rings. The molecule has 0 saturated heterocycles. The van der Waals surface area contributed by atoms with Gasteiger partial charge in [0, 0.05) is 6.04 Å². The first-order valence-corrected chi connectivity index (χ1v) is 7.06. The molecule has 1 aromatic heterocycles. The topological polar surface area (TPSA) is 66.4 Å². The first kappa shape index (κ1) is 13.0. The molecular formula is C12H18N4OS. The third-order valence-corrected chi connectivity index (χ3v) is 4.13. The van der Waals surface area contributed by atoms with E-state index in [9.17, 15) is 4.79 Å². The molecule has 0 spiro atoms. The summed E-state index contributed by atoms with van der Waals surface area (Å²) in [4.78, 5) is 16.8. The van der Waals surface area contributed by atoms with Gasteiger partial charge in [-0.1, -0.05) is 12.8 Å². The van der Waals surface area contributed by atoms with E-state index in [1.54, 1.807) is 5.51 Å². The van der Waals surface area contributed by atoms with Crippen LogP contribution < -0.4 is 10.7 Å². The van der Waals surface area contributed by atoms with Crippen LogP contribution in [0.2, 0.25) is 0 Å². The molecule has 0 radical (unpaired) electrons. The average Bonchev–Trinajstić information content (AvgIpc) is 2.97. The molecule has 0 unspecified atom stereocenters. The SMILES string of the molecule is C/C(=N\NC(=O)NC1CCCC1)c1scnc1C. The molecule has 2 amide bonds. The van der Waals surface area contributed by atoms with Gasteiger partial charge in [-0.05, 0) is 26.7 Å². The molecule has 98 valence electrons. The molecule has 0 aliphatic heterocycles. The number of thiazole rings is 1. The molecule has 1 heterocycles. The summed E-state index contributed by atoms with van der Waals surface area (Å²) >= 11 is 1.53. The quantitative estimate of drug-likeness (QED) is 0.651. The molecule has 5 nitrogen and oxygen atoms in total. The minimum atomic E-state index is -0.219. The fourth-order valence-corrected chi connectivity index (χ4v) is 2.88. The molecule has 1 saturated carbocycles. The van der Waals surface area contributed by atoms with Crippen molar-refractivity contribution in [3.63, 3.8) is 0 Å². The fourth-order valence-electron chi connectivity index (χ4n) is 2.12. The van der Waals surface area contributed by atoms with Crippen molar-refractivity contribution in [1.82, 2.24) is 15.7 Å². The van der Waals surface area contributed by atoms with Crippen LogP contribution in [0.5, 0.6) is 0 Å². The second-order valence-electron chi connectivity index (χ2n) is 4.53. The summed E-state index contributed by atoms with van der Waals surface area (Å²) in [5.74, 6) is 0. The summed E-state index contributed by atoms with van der Waals surface area (Å²) in [6, 6.07) is 0.0917. The molecule has 1 aliphatic carbocycles. The molecule has 1 fully saturated rings. The third kappa shape index (κ3) is 3.29. The van der Waals surface area contributed by atoms with Gasteiger partial charge < -0.3 is 5.32 Å². The first-order chi connectivity index (χ1) is 8.66. The lowest BCUT2D eigenvalue weighted by atomic mass is 10.3. The number of hydrogen-bond donors (Lipinski definition) is 2. The molecular weight excluding hydrogens is 248 g/mol. The lowest BCUT2D eigenvalue weighted by Crippen LogP contribution is -2.39. The second-order valence-corrected chi connectivity index (χ2v) is 5.39. The molecule has 2 rings (SSSR count). The summed E-state index contributed by atoms with van der Waals surface area (Å²) in [5, 5.41) is 7.02. The summed E-state index contributed by atoms with van der Waals surface area (Å²) in [7, 11) is 0. The van der Waals surface area contributed by atoms with Crippen LogP contribution in [0.25, 0.3) is 0 Å². The summed E-state index contributed by atoms with van der Waals surface area (Å²) in [6.07, 6.45) is 4.55. The Labute approximate surface area is 111 Å². The van der Waals surface area contributed by atoms with Crippen molar-refractivity contribution in [3.8, 4) is 0 Å². The van der Waals surface area contributed by atoms with Gasteiger partial charge in [0.25, 0.3) is 0 Å². The van der Waals surface area contributed by atoms with E-state index in [0.29, 0.717) is 6.04 Å². The lowest BCUT2D eigenvalue weighted by molar-refractivity contribution is 0.237. The number of rotatable bonds is 3. The standard InChI is InChI=1S/C12H18N4OS/c1-8-11(18-7-13-8)9(2)15-16-12(17)14-10-5-3-4-6-10/h7,10H,3-6H2,1-2H3,(H2,14,16,17)/b15-9+. The van der Waals surface area contributed by atoms with Crippen LogP contribution in [-0.2, 0) is 0 Å². The van der Waals surface area contributed by atoms with E-state index in [2.05, 4.69) is 20.8 Å². The number of amides is 2. The number of carbonyl (C=O) groups is 1. The van der Waals surface area contributed by atoms with E-state index < -0.39 is 0 Å². The van der Waals surface area contributed by atoms with E-state index >= 15 is 0 Å². The zero-order valence-corrected chi connectivity index (χ0v) is 11.5. The molecule has 2 N–H and O–H groups in total. The minimum Gasteiger partial charge on any atom is -0.334 e. The number of nitrogens with zero attached hydrogens (tertiary/aromatic N) is 2. The van der Waals surface area contributed by atoms with Gasteiger partial charge in [0.1, 0.15) is 0 Å². The highest BCUT2D eigenvalue weighted by Gasteiger charge is 2.16. The van der Waals surface area contributed by atoms with Gasteiger partial charge in [0.05, 0.1) is 21.8 Å². The Morgan fingerprint density at radius 1 is 1.50 bits per heavy atom. The number of carbonyl (C=O) groups excluding carboxylic acids is 1. The molecule has 0 bridgehead atoms. The predicted molar refractivity (Wildman–Crippen MR) is 73.0 cm³/mol. The van der Waals surface area contributed by atoms with Crippen molar-refractivity contribution in [2.75, 3.05) is 0 Å². The maximum absolute atomic E-state index is 11.6. The van der Waals surface area contributed by atoms with Crippen molar-refractivity contribution in [2.45, 2.75) is 45.6 Å². The van der Waals surface area contributed by atoms with Crippen molar-refractivity contribution in [2.24, 2.45) is 5.10 Å². The Bertz CT molecular complexity index is 449. The van der Waals surface area contributed by atoms with E-state index in [-0.39, 0.29) is 6.03 Å². The summed E-state index contributed by atoms with van der Waals surface area (Å²) < 4.78 is 0. The number of aromatic nitrogens is 1. The third-order valence-electron chi connectivity index (χ3n) is 3.09. The van der Waals surface area contributed by atoms with Gasteiger partial charge in [0.2, 0.25) is 0 Å². The van der Waals surface area contributed by atoms with Crippen LogP contribution in [0.3, 0.4) is 0 Å². The van der Waals surface area contributed by atoms with Crippen LogP contribution in [0.4, 0.5) is 4.79 Å². The van der Waals surface area contributed by atoms with Crippen molar-refractivity contribution in [1.29, 1.82) is 0 Å². The number of hydrazone groups is 1. The van der Waals surface area contributed by atoms with Crippen molar-refractivity contribution >= 4 is 23.1 Å². The molecule has 6 heteroatoms. The fraction of sp³-hybridized carbons (Fsp3) is 0.583. The van der Waals surface area contributed by atoms with E-state index in [1.165, 1.54) is 24.2 Å². The maximum Gasteiger partial charge on any atom is 0.335 e. The Morgan fingerprint density at radius 2 is 2.22 bits per heavy atom. The number of hydrogen-bond acceptors (Lipinski definition) is 4. The van der Waals surface area contributed by atoms with E-state index in [4.69, 9.17) is 0 Å². The molecule has 0 aromatic carbocycles. The van der Waals surface area contributed by atoms with Gasteiger partial charge in [-0.15, -0.1) is 11.3 Å². The number of urea groups is 1. The monoisotopic (exact) mass is 266 g/mol. The summed E-state index contributed by atoms with van der Waals surface area (Å²) in [5.41, 5.74) is 6.05. The minimum absolute atomic E-state index is 0.219. The highest BCUT2D eigenvalue weighted by Crippen LogP contribution is 2.17.